The minimum absolute atomic E-state index is 0.115. The third kappa shape index (κ3) is 3.22. The highest BCUT2D eigenvalue weighted by Gasteiger charge is 2.34. The number of methoxy groups -OCH3 is 1. The standard InChI is InChI=1S/C12H14Br2O3/c1-15-10-4-2-9(3-5-10)11-16-7-12(14,6-13)8-17-11/h2-5,11H,6-8H2,1H3. The van der Waals surface area contributed by atoms with Gasteiger partial charge >= 0.3 is 0 Å². The molecule has 1 aliphatic heterocycles. The van der Waals surface area contributed by atoms with Crippen molar-refractivity contribution in [2.75, 3.05) is 25.7 Å². The molecule has 5 heteroatoms. The van der Waals surface area contributed by atoms with Gasteiger partial charge in [-0.25, -0.2) is 0 Å². The summed E-state index contributed by atoms with van der Waals surface area (Å²) in [5, 5.41) is 0.801. The molecule has 0 bridgehead atoms. The summed E-state index contributed by atoms with van der Waals surface area (Å²) in [5.41, 5.74) is 1.01. The predicted octanol–water partition coefficient (Wildman–Crippen LogP) is 3.27. The lowest BCUT2D eigenvalue weighted by molar-refractivity contribution is -0.192. The van der Waals surface area contributed by atoms with Gasteiger partial charge in [-0.3, -0.25) is 0 Å². The summed E-state index contributed by atoms with van der Waals surface area (Å²) in [6.45, 7) is 1.24. The van der Waals surface area contributed by atoms with Crippen LogP contribution >= 0.6 is 31.9 Å². The van der Waals surface area contributed by atoms with Crippen LogP contribution in [0, 0.1) is 0 Å². The van der Waals surface area contributed by atoms with E-state index in [0.717, 1.165) is 16.6 Å². The molecule has 2 rings (SSSR count). The largest absolute Gasteiger partial charge is 0.497 e. The number of ether oxygens (including phenoxy) is 3. The molecule has 94 valence electrons. The van der Waals surface area contributed by atoms with Crippen LogP contribution in [0.2, 0.25) is 0 Å². The summed E-state index contributed by atoms with van der Waals surface area (Å²) in [7, 11) is 1.65. The maximum Gasteiger partial charge on any atom is 0.183 e. The molecule has 1 heterocycles. The van der Waals surface area contributed by atoms with Gasteiger partial charge in [0.25, 0.3) is 0 Å². The number of alkyl halides is 2. The highest BCUT2D eigenvalue weighted by molar-refractivity contribution is 9.12. The van der Waals surface area contributed by atoms with Crippen LogP contribution in [-0.2, 0) is 9.47 Å². The summed E-state index contributed by atoms with van der Waals surface area (Å²) in [4.78, 5) is 0. The number of benzene rings is 1. The minimum Gasteiger partial charge on any atom is -0.497 e. The summed E-state index contributed by atoms with van der Waals surface area (Å²) in [6.07, 6.45) is -0.286. The van der Waals surface area contributed by atoms with Crippen LogP contribution < -0.4 is 4.74 Å². The molecule has 0 radical (unpaired) electrons. The van der Waals surface area contributed by atoms with Crippen molar-refractivity contribution < 1.29 is 14.2 Å². The van der Waals surface area contributed by atoms with Crippen LogP contribution in [-0.4, -0.2) is 30.0 Å². The second-order valence-corrected chi connectivity index (χ2v) is 6.25. The number of hydrogen-bond acceptors (Lipinski definition) is 3. The summed E-state index contributed by atoms with van der Waals surface area (Å²) in [5.74, 6) is 0.833. The fraction of sp³-hybridized carbons (Fsp3) is 0.500. The maximum atomic E-state index is 5.70. The van der Waals surface area contributed by atoms with E-state index in [1.54, 1.807) is 7.11 Å². The Bertz CT molecular complexity index is 359. The summed E-state index contributed by atoms with van der Waals surface area (Å²) in [6, 6.07) is 7.72. The van der Waals surface area contributed by atoms with Crippen LogP contribution in [0.25, 0.3) is 0 Å². The van der Waals surface area contributed by atoms with E-state index in [0.29, 0.717) is 13.2 Å². The lowest BCUT2D eigenvalue weighted by Crippen LogP contribution is -2.41. The van der Waals surface area contributed by atoms with Crippen LogP contribution in [0.3, 0.4) is 0 Å². The van der Waals surface area contributed by atoms with Crippen molar-refractivity contribution in [3.05, 3.63) is 29.8 Å². The van der Waals surface area contributed by atoms with E-state index in [9.17, 15) is 0 Å². The first-order valence-corrected chi connectivity index (χ1v) is 7.20. The number of hydrogen-bond donors (Lipinski definition) is 0. The molecule has 1 aromatic carbocycles. The lowest BCUT2D eigenvalue weighted by Gasteiger charge is -2.34. The SMILES string of the molecule is COc1ccc(C2OCC(Br)(CBr)CO2)cc1. The fourth-order valence-electron chi connectivity index (χ4n) is 1.57. The van der Waals surface area contributed by atoms with Gasteiger partial charge in [0.05, 0.1) is 24.6 Å². The third-order valence-corrected chi connectivity index (χ3v) is 5.18. The Kier molecular flexibility index (Phi) is 4.47. The smallest absolute Gasteiger partial charge is 0.183 e. The molecule has 17 heavy (non-hydrogen) atoms. The van der Waals surface area contributed by atoms with Gasteiger partial charge in [-0.2, -0.15) is 0 Å². The summed E-state index contributed by atoms with van der Waals surface area (Å²) >= 11 is 7.04. The van der Waals surface area contributed by atoms with Gasteiger partial charge in [-0.15, -0.1) is 0 Å². The van der Waals surface area contributed by atoms with Crippen molar-refractivity contribution in [1.29, 1.82) is 0 Å². The van der Waals surface area contributed by atoms with E-state index in [2.05, 4.69) is 31.9 Å². The van der Waals surface area contributed by atoms with E-state index in [1.165, 1.54) is 0 Å². The third-order valence-electron chi connectivity index (χ3n) is 2.61. The first-order chi connectivity index (χ1) is 8.17. The van der Waals surface area contributed by atoms with Gasteiger partial charge in [0, 0.05) is 10.9 Å². The van der Waals surface area contributed by atoms with Gasteiger partial charge in [0.2, 0.25) is 0 Å². The van der Waals surface area contributed by atoms with Gasteiger partial charge < -0.3 is 14.2 Å². The van der Waals surface area contributed by atoms with E-state index in [-0.39, 0.29) is 10.6 Å². The molecule has 0 saturated carbocycles. The first kappa shape index (κ1) is 13.3. The minimum atomic E-state index is -0.286. The first-order valence-electron chi connectivity index (χ1n) is 5.29. The van der Waals surface area contributed by atoms with Crippen molar-refractivity contribution in [3.63, 3.8) is 0 Å². The second kappa shape index (κ2) is 5.69. The van der Waals surface area contributed by atoms with E-state index < -0.39 is 0 Å². The van der Waals surface area contributed by atoms with Gasteiger partial charge in [0.15, 0.2) is 6.29 Å². The average Bonchev–Trinajstić information content (AvgIpc) is 2.40. The van der Waals surface area contributed by atoms with E-state index >= 15 is 0 Å². The molecule has 0 atom stereocenters. The van der Waals surface area contributed by atoms with Crippen LogP contribution in [0.5, 0.6) is 5.75 Å². The molecule has 1 aliphatic rings. The molecule has 3 nitrogen and oxygen atoms in total. The molecular formula is C12H14Br2O3. The molecule has 1 fully saturated rings. The predicted molar refractivity (Wildman–Crippen MR) is 73.1 cm³/mol. The topological polar surface area (TPSA) is 27.7 Å². The van der Waals surface area contributed by atoms with Crippen LogP contribution in [0.4, 0.5) is 0 Å². The molecule has 0 aromatic heterocycles. The Morgan fingerprint density at radius 3 is 2.35 bits per heavy atom. The van der Waals surface area contributed by atoms with Crippen molar-refractivity contribution in [2.45, 2.75) is 10.6 Å². The molecule has 0 aliphatic carbocycles. The Morgan fingerprint density at radius 1 is 1.29 bits per heavy atom. The van der Waals surface area contributed by atoms with Gasteiger partial charge in [-0.05, 0) is 12.1 Å². The zero-order valence-electron chi connectivity index (χ0n) is 9.49. The van der Waals surface area contributed by atoms with Crippen LogP contribution in [0.1, 0.15) is 11.9 Å². The average molecular weight is 366 g/mol. The molecule has 1 aromatic rings. The highest BCUT2D eigenvalue weighted by atomic mass is 79.9. The fourth-order valence-corrected chi connectivity index (χ4v) is 2.16. The molecule has 1 saturated heterocycles. The van der Waals surface area contributed by atoms with E-state index in [4.69, 9.17) is 14.2 Å². The van der Waals surface area contributed by atoms with Gasteiger partial charge in [0.1, 0.15) is 5.75 Å². The highest BCUT2D eigenvalue weighted by Crippen LogP contribution is 2.33. The normalized spacial score (nSPS) is 29.0. The van der Waals surface area contributed by atoms with Crippen molar-refractivity contribution in [3.8, 4) is 5.75 Å². The Morgan fingerprint density at radius 2 is 1.88 bits per heavy atom. The number of halogens is 2. The Labute approximate surface area is 118 Å². The second-order valence-electron chi connectivity index (χ2n) is 4.01. The van der Waals surface area contributed by atoms with Crippen molar-refractivity contribution in [1.82, 2.24) is 0 Å². The quantitative estimate of drug-likeness (QED) is 0.769. The van der Waals surface area contributed by atoms with Crippen LogP contribution in [0.15, 0.2) is 24.3 Å². The Balaban J connectivity index is 2.00. The molecule has 0 amide bonds. The zero-order chi connectivity index (χ0) is 12.3. The van der Waals surface area contributed by atoms with E-state index in [1.807, 2.05) is 24.3 Å². The lowest BCUT2D eigenvalue weighted by atomic mass is 10.1. The van der Waals surface area contributed by atoms with Crippen molar-refractivity contribution >= 4 is 31.9 Å². The molecule has 0 unspecified atom stereocenters. The molecule has 0 spiro atoms. The number of rotatable bonds is 3. The zero-order valence-corrected chi connectivity index (χ0v) is 12.7. The maximum absolute atomic E-state index is 5.70. The Hall–Kier alpha value is -0.100. The van der Waals surface area contributed by atoms with Gasteiger partial charge in [-0.1, -0.05) is 44.0 Å². The van der Waals surface area contributed by atoms with Crippen molar-refractivity contribution in [2.24, 2.45) is 0 Å². The molecular weight excluding hydrogens is 352 g/mol. The monoisotopic (exact) mass is 364 g/mol. The molecule has 0 N–H and O–H groups in total. The summed E-state index contributed by atoms with van der Waals surface area (Å²) < 4.78 is 16.4.